The highest BCUT2D eigenvalue weighted by atomic mass is 19.4. The zero-order valence-electron chi connectivity index (χ0n) is 12.4. The van der Waals surface area contributed by atoms with Gasteiger partial charge in [-0.05, 0) is 35.8 Å². The zero-order chi connectivity index (χ0) is 16.4. The summed E-state index contributed by atoms with van der Waals surface area (Å²) in [6.45, 7) is 4.89. The van der Waals surface area contributed by atoms with E-state index in [1.807, 2.05) is 4.90 Å². The first kappa shape index (κ1) is 15.6. The molecule has 1 N–H and O–H groups in total. The van der Waals surface area contributed by atoms with Crippen LogP contribution in [0.2, 0.25) is 0 Å². The maximum Gasteiger partial charge on any atom is 0.573 e. The molecule has 6 nitrogen and oxygen atoms in total. The Morgan fingerprint density at radius 3 is 2.65 bits per heavy atom. The molecule has 124 valence electrons. The number of piperazine rings is 1. The number of halogens is 3. The minimum absolute atomic E-state index is 0.273. The van der Waals surface area contributed by atoms with Crippen molar-refractivity contribution >= 4 is 5.95 Å². The lowest BCUT2D eigenvalue weighted by Crippen LogP contribution is -2.44. The molecule has 0 atom stereocenters. The highest BCUT2D eigenvalue weighted by Crippen LogP contribution is 2.29. The van der Waals surface area contributed by atoms with Crippen LogP contribution in [0.25, 0.3) is 11.5 Å². The standard InChI is InChI=1S/C14H15F3N4O2/c1-9-8-10(22-14(15,16)17)2-3-11(9)12-19-13(20-23-12)21-6-4-18-5-7-21/h2-3,8,18H,4-7H2,1H3. The molecule has 23 heavy (non-hydrogen) atoms. The number of aromatic nitrogens is 2. The van der Waals surface area contributed by atoms with Gasteiger partial charge in [0.25, 0.3) is 11.8 Å². The Kier molecular flexibility index (Phi) is 4.12. The number of benzene rings is 1. The number of nitrogens with one attached hydrogen (secondary N) is 1. The Morgan fingerprint density at radius 1 is 1.26 bits per heavy atom. The molecule has 0 bridgehead atoms. The second kappa shape index (κ2) is 6.07. The summed E-state index contributed by atoms with van der Waals surface area (Å²) in [5.41, 5.74) is 1.13. The second-order valence-electron chi connectivity index (χ2n) is 5.16. The summed E-state index contributed by atoms with van der Waals surface area (Å²) in [5.74, 6) is 0.478. The molecule has 3 rings (SSSR count). The molecule has 9 heteroatoms. The molecule has 0 spiro atoms. The van der Waals surface area contributed by atoms with Crippen LogP contribution < -0.4 is 15.0 Å². The number of ether oxygens (including phenoxy) is 1. The van der Waals surface area contributed by atoms with Crippen molar-refractivity contribution in [1.29, 1.82) is 0 Å². The maximum atomic E-state index is 12.2. The molecule has 1 aliphatic rings. The first-order chi connectivity index (χ1) is 10.9. The Bertz CT molecular complexity index is 681. The molecule has 0 radical (unpaired) electrons. The van der Waals surface area contributed by atoms with E-state index in [4.69, 9.17) is 4.52 Å². The highest BCUT2D eigenvalue weighted by molar-refractivity contribution is 5.61. The van der Waals surface area contributed by atoms with Gasteiger partial charge in [0.05, 0.1) is 0 Å². The molecule has 0 unspecified atom stereocenters. The van der Waals surface area contributed by atoms with Crippen molar-refractivity contribution in [3.05, 3.63) is 23.8 Å². The zero-order valence-corrected chi connectivity index (χ0v) is 12.4. The van der Waals surface area contributed by atoms with Gasteiger partial charge in [0.2, 0.25) is 0 Å². The summed E-state index contributed by atoms with van der Waals surface area (Å²) in [5, 5.41) is 7.16. The van der Waals surface area contributed by atoms with Crippen LogP contribution in [-0.2, 0) is 0 Å². The number of rotatable bonds is 3. The molecule has 2 aromatic rings. The van der Waals surface area contributed by atoms with Crippen molar-refractivity contribution in [2.24, 2.45) is 0 Å². The molecule has 1 aliphatic heterocycles. The summed E-state index contributed by atoms with van der Waals surface area (Å²) < 4.78 is 45.8. The van der Waals surface area contributed by atoms with Crippen molar-refractivity contribution in [2.75, 3.05) is 31.1 Å². The number of alkyl halides is 3. The van der Waals surface area contributed by atoms with Crippen molar-refractivity contribution in [3.63, 3.8) is 0 Å². The SMILES string of the molecule is Cc1cc(OC(F)(F)F)ccc1-c1nc(N2CCNCC2)no1. The van der Waals surface area contributed by atoms with Gasteiger partial charge < -0.3 is 19.5 Å². The Hall–Kier alpha value is -2.29. The molecule has 1 aromatic heterocycles. The van der Waals surface area contributed by atoms with Gasteiger partial charge in [-0.1, -0.05) is 0 Å². The van der Waals surface area contributed by atoms with E-state index < -0.39 is 6.36 Å². The maximum absolute atomic E-state index is 12.2. The molecular formula is C14H15F3N4O2. The summed E-state index contributed by atoms with van der Waals surface area (Å²) >= 11 is 0. The van der Waals surface area contributed by atoms with E-state index in [1.165, 1.54) is 18.2 Å². The lowest BCUT2D eigenvalue weighted by molar-refractivity contribution is -0.274. The Morgan fingerprint density at radius 2 is 2.00 bits per heavy atom. The van der Waals surface area contributed by atoms with Crippen LogP contribution in [0.15, 0.2) is 22.7 Å². The van der Waals surface area contributed by atoms with Gasteiger partial charge >= 0.3 is 6.36 Å². The summed E-state index contributed by atoms with van der Waals surface area (Å²) in [6, 6.07) is 3.99. The first-order valence-corrected chi connectivity index (χ1v) is 7.08. The van der Waals surface area contributed by atoms with E-state index in [0.29, 0.717) is 17.1 Å². The molecule has 2 heterocycles. The van der Waals surface area contributed by atoms with Crippen LogP contribution in [0.3, 0.4) is 0 Å². The smallest absolute Gasteiger partial charge is 0.406 e. The topological polar surface area (TPSA) is 63.4 Å². The fraction of sp³-hybridized carbons (Fsp3) is 0.429. The Labute approximate surface area is 130 Å². The van der Waals surface area contributed by atoms with E-state index in [-0.39, 0.29) is 11.6 Å². The number of hydrogen-bond donors (Lipinski definition) is 1. The third-order valence-corrected chi connectivity index (χ3v) is 3.48. The third-order valence-electron chi connectivity index (χ3n) is 3.48. The third kappa shape index (κ3) is 3.73. The van der Waals surface area contributed by atoms with Crippen molar-refractivity contribution in [1.82, 2.24) is 15.5 Å². The van der Waals surface area contributed by atoms with Gasteiger partial charge in [0, 0.05) is 31.7 Å². The van der Waals surface area contributed by atoms with Crippen LogP contribution >= 0.6 is 0 Å². The van der Waals surface area contributed by atoms with Crippen LogP contribution in [0.5, 0.6) is 5.75 Å². The quantitative estimate of drug-likeness (QED) is 0.933. The van der Waals surface area contributed by atoms with E-state index in [1.54, 1.807) is 6.92 Å². The fourth-order valence-corrected chi connectivity index (χ4v) is 2.39. The predicted octanol–water partition coefficient (Wildman–Crippen LogP) is 2.35. The fourth-order valence-electron chi connectivity index (χ4n) is 2.39. The van der Waals surface area contributed by atoms with Crippen molar-refractivity contribution in [2.45, 2.75) is 13.3 Å². The molecular weight excluding hydrogens is 313 g/mol. The number of aryl methyl sites for hydroxylation is 1. The largest absolute Gasteiger partial charge is 0.573 e. The normalized spacial score (nSPS) is 15.7. The summed E-state index contributed by atoms with van der Waals surface area (Å²) in [7, 11) is 0. The van der Waals surface area contributed by atoms with E-state index >= 15 is 0 Å². The van der Waals surface area contributed by atoms with Crippen LogP contribution in [0, 0.1) is 6.92 Å². The number of anilines is 1. The second-order valence-corrected chi connectivity index (χ2v) is 5.16. The van der Waals surface area contributed by atoms with Crippen molar-refractivity contribution < 1.29 is 22.4 Å². The van der Waals surface area contributed by atoms with Gasteiger partial charge in [0.1, 0.15) is 5.75 Å². The first-order valence-electron chi connectivity index (χ1n) is 7.08. The van der Waals surface area contributed by atoms with E-state index in [0.717, 1.165) is 26.2 Å². The predicted molar refractivity (Wildman–Crippen MR) is 76.2 cm³/mol. The molecule has 0 amide bonds. The lowest BCUT2D eigenvalue weighted by Gasteiger charge is -2.25. The van der Waals surface area contributed by atoms with Gasteiger partial charge in [0.15, 0.2) is 0 Å². The molecule has 0 aliphatic carbocycles. The van der Waals surface area contributed by atoms with Gasteiger partial charge in [-0.25, -0.2) is 0 Å². The van der Waals surface area contributed by atoms with Gasteiger partial charge in [-0.2, -0.15) is 4.98 Å². The van der Waals surface area contributed by atoms with Crippen LogP contribution in [0.4, 0.5) is 19.1 Å². The van der Waals surface area contributed by atoms with Gasteiger partial charge in [-0.3, -0.25) is 0 Å². The minimum Gasteiger partial charge on any atom is -0.406 e. The molecule has 1 aromatic carbocycles. The molecule has 0 saturated carbocycles. The molecule has 1 fully saturated rings. The van der Waals surface area contributed by atoms with Crippen molar-refractivity contribution in [3.8, 4) is 17.2 Å². The average molecular weight is 328 g/mol. The number of hydrogen-bond acceptors (Lipinski definition) is 6. The van der Waals surface area contributed by atoms with E-state index in [9.17, 15) is 13.2 Å². The van der Waals surface area contributed by atoms with E-state index in [2.05, 4.69) is 20.2 Å². The van der Waals surface area contributed by atoms with Gasteiger partial charge in [-0.15, -0.1) is 13.2 Å². The average Bonchev–Trinajstić information content (AvgIpc) is 2.96. The Balaban J connectivity index is 1.80. The minimum atomic E-state index is -4.71. The highest BCUT2D eigenvalue weighted by Gasteiger charge is 2.31. The number of nitrogens with zero attached hydrogens (tertiary/aromatic N) is 3. The van der Waals surface area contributed by atoms with Crippen LogP contribution in [-0.4, -0.2) is 42.7 Å². The van der Waals surface area contributed by atoms with Crippen LogP contribution in [0.1, 0.15) is 5.56 Å². The molecule has 1 saturated heterocycles. The summed E-state index contributed by atoms with van der Waals surface area (Å²) in [4.78, 5) is 6.31. The summed E-state index contributed by atoms with van der Waals surface area (Å²) in [6.07, 6.45) is -4.71. The monoisotopic (exact) mass is 328 g/mol. The lowest BCUT2D eigenvalue weighted by atomic mass is 10.1.